The molecule has 27 heavy (non-hydrogen) atoms. The second kappa shape index (κ2) is 7.55. The van der Waals surface area contributed by atoms with E-state index in [9.17, 15) is 4.79 Å². The molecule has 3 aromatic rings. The summed E-state index contributed by atoms with van der Waals surface area (Å²) >= 11 is 6.16. The Morgan fingerprint density at radius 1 is 1.07 bits per heavy atom. The van der Waals surface area contributed by atoms with Crippen LogP contribution < -0.4 is 20.2 Å². The van der Waals surface area contributed by atoms with E-state index in [0.29, 0.717) is 22.1 Å². The molecule has 0 aromatic heterocycles. The molecule has 0 unspecified atom stereocenters. The van der Waals surface area contributed by atoms with E-state index in [-0.39, 0.29) is 19.2 Å². The molecule has 2 N–H and O–H groups in total. The van der Waals surface area contributed by atoms with E-state index in [1.54, 1.807) is 12.1 Å². The number of carbonyl (C=O) groups is 1. The van der Waals surface area contributed by atoms with Crippen molar-refractivity contribution >= 4 is 40.2 Å². The zero-order chi connectivity index (χ0) is 18.6. The van der Waals surface area contributed by atoms with Gasteiger partial charge in [0.05, 0.1) is 17.8 Å². The lowest BCUT2D eigenvalue weighted by Gasteiger charge is -2.07. The molecule has 1 heterocycles. The molecule has 136 valence electrons. The minimum Gasteiger partial charge on any atom is -0.454 e. The number of benzene rings is 3. The highest BCUT2D eigenvalue weighted by molar-refractivity contribution is 6.33. The summed E-state index contributed by atoms with van der Waals surface area (Å²) in [5.41, 5.74) is 3.97. The third-order valence-electron chi connectivity index (χ3n) is 4.09. The van der Waals surface area contributed by atoms with Gasteiger partial charge in [-0.3, -0.25) is 4.79 Å². The number of nitrogens with one attached hydrogen (secondary N) is 2. The van der Waals surface area contributed by atoms with Gasteiger partial charge in [-0.15, -0.1) is 0 Å². The number of hydrogen-bond donors (Lipinski definition) is 2. The first-order valence-electron chi connectivity index (χ1n) is 8.33. The molecule has 3 aromatic carbocycles. The molecule has 0 aliphatic carbocycles. The maximum absolute atomic E-state index is 12.0. The van der Waals surface area contributed by atoms with E-state index in [1.807, 2.05) is 42.5 Å². The number of hydrogen-bond acceptors (Lipinski definition) is 5. The van der Waals surface area contributed by atoms with Crippen LogP contribution in [0.5, 0.6) is 11.5 Å². The second-order valence-electron chi connectivity index (χ2n) is 5.94. The molecule has 7 heteroatoms. The summed E-state index contributed by atoms with van der Waals surface area (Å²) < 4.78 is 10.5. The van der Waals surface area contributed by atoms with Crippen LogP contribution in [0.25, 0.3) is 10.8 Å². The van der Waals surface area contributed by atoms with E-state index in [1.165, 1.54) is 6.21 Å². The molecule has 1 aliphatic rings. The molecule has 1 aliphatic heterocycles. The van der Waals surface area contributed by atoms with E-state index < -0.39 is 0 Å². The van der Waals surface area contributed by atoms with Crippen molar-refractivity contribution in [2.45, 2.75) is 0 Å². The van der Waals surface area contributed by atoms with Crippen LogP contribution in [-0.2, 0) is 4.79 Å². The number of amides is 1. The summed E-state index contributed by atoms with van der Waals surface area (Å²) in [6.45, 7) is 0.272. The van der Waals surface area contributed by atoms with Gasteiger partial charge in [-0.05, 0) is 29.0 Å². The summed E-state index contributed by atoms with van der Waals surface area (Å²) in [5, 5.41) is 9.75. The SMILES string of the molecule is O=C(CNc1ccc2ccccc2c1)N/N=C/c1cc2c(cc1Cl)OCO2. The first-order valence-corrected chi connectivity index (χ1v) is 8.70. The molecule has 0 atom stereocenters. The normalized spacial score (nSPS) is 12.5. The number of halogens is 1. The summed E-state index contributed by atoms with van der Waals surface area (Å²) in [4.78, 5) is 12.0. The van der Waals surface area contributed by atoms with Crippen molar-refractivity contribution in [2.75, 3.05) is 18.7 Å². The third kappa shape index (κ3) is 3.96. The van der Waals surface area contributed by atoms with Crippen molar-refractivity contribution in [3.63, 3.8) is 0 Å². The topological polar surface area (TPSA) is 72.0 Å². The van der Waals surface area contributed by atoms with Gasteiger partial charge >= 0.3 is 0 Å². The van der Waals surface area contributed by atoms with Crippen molar-refractivity contribution < 1.29 is 14.3 Å². The Labute approximate surface area is 160 Å². The average Bonchev–Trinajstić information content (AvgIpc) is 3.13. The van der Waals surface area contributed by atoms with Gasteiger partial charge in [0, 0.05) is 17.3 Å². The van der Waals surface area contributed by atoms with Crippen LogP contribution in [0.2, 0.25) is 5.02 Å². The lowest BCUT2D eigenvalue weighted by atomic mass is 10.1. The highest BCUT2D eigenvalue weighted by Crippen LogP contribution is 2.36. The predicted molar refractivity (Wildman–Crippen MR) is 106 cm³/mol. The average molecular weight is 382 g/mol. The van der Waals surface area contributed by atoms with Crippen molar-refractivity contribution in [3.8, 4) is 11.5 Å². The zero-order valence-corrected chi connectivity index (χ0v) is 15.0. The Balaban J connectivity index is 1.33. The molecule has 0 bridgehead atoms. The summed E-state index contributed by atoms with van der Waals surface area (Å²) in [5.74, 6) is 0.933. The van der Waals surface area contributed by atoms with Gasteiger partial charge in [-0.25, -0.2) is 5.43 Å². The molecule has 4 rings (SSSR count). The fraction of sp³-hybridized carbons (Fsp3) is 0.100. The smallest absolute Gasteiger partial charge is 0.259 e. The molecule has 1 amide bonds. The van der Waals surface area contributed by atoms with Crippen molar-refractivity contribution in [1.82, 2.24) is 5.43 Å². The molecule has 0 radical (unpaired) electrons. The van der Waals surface area contributed by atoms with Crippen LogP contribution in [0.1, 0.15) is 5.56 Å². The van der Waals surface area contributed by atoms with Crippen molar-refractivity contribution in [3.05, 3.63) is 65.2 Å². The van der Waals surface area contributed by atoms with E-state index in [2.05, 4.69) is 15.8 Å². The fourth-order valence-electron chi connectivity index (χ4n) is 2.73. The number of rotatable bonds is 5. The van der Waals surface area contributed by atoms with Gasteiger partial charge in [0.25, 0.3) is 5.91 Å². The molecule has 0 saturated heterocycles. The number of ether oxygens (including phenoxy) is 2. The van der Waals surface area contributed by atoms with E-state index >= 15 is 0 Å². The Bertz CT molecular complexity index is 1040. The Hall–Kier alpha value is -3.25. The lowest BCUT2D eigenvalue weighted by molar-refractivity contribution is -0.119. The quantitative estimate of drug-likeness (QED) is 0.521. The first-order chi connectivity index (χ1) is 13.2. The number of hydrazone groups is 1. The predicted octanol–water partition coefficient (Wildman–Crippen LogP) is 3.78. The minimum absolute atomic E-state index is 0.102. The maximum Gasteiger partial charge on any atom is 0.259 e. The van der Waals surface area contributed by atoms with Crippen LogP contribution in [0.4, 0.5) is 5.69 Å². The van der Waals surface area contributed by atoms with E-state index in [0.717, 1.165) is 16.5 Å². The highest BCUT2D eigenvalue weighted by Gasteiger charge is 2.15. The third-order valence-corrected chi connectivity index (χ3v) is 4.41. The standard InChI is InChI=1S/C20H16ClN3O3/c21-17-9-19-18(26-12-27-19)8-15(17)10-23-24-20(25)11-22-16-6-5-13-3-1-2-4-14(13)7-16/h1-10,22H,11-12H2,(H,24,25)/b23-10+. The number of carbonyl (C=O) groups excluding carboxylic acids is 1. The van der Waals surface area contributed by atoms with Crippen LogP contribution in [0, 0.1) is 0 Å². The van der Waals surface area contributed by atoms with Gasteiger partial charge in [0.1, 0.15) is 0 Å². The summed E-state index contributed by atoms with van der Waals surface area (Å²) in [6.07, 6.45) is 1.47. The largest absolute Gasteiger partial charge is 0.454 e. The van der Waals surface area contributed by atoms with Crippen LogP contribution >= 0.6 is 11.6 Å². The number of nitrogens with zero attached hydrogens (tertiary/aromatic N) is 1. The van der Waals surface area contributed by atoms with Gasteiger partial charge in [0.15, 0.2) is 11.5 Å². The molecule has 0 fully saturated rings. The summed E-state index contributed by atoms with van der Waals surface area (Å²) in [6, 6.07) is 17.4. The van der Waals surface area contributed by atoms with Gasteiger partial charge in [0.2, 0.25) is 6.79 Å². The van der Waals surface area contributed by atoms with Gasteiger partial charge in [-0.1, -0.05) is 41.9 Å². The first kappa shape index (κ1) is 17.2. The summed E-state index contributed by atoms with van der Waals surface area (Å²) in [7, 11) is 0. The maximum atomic E-state index is 12.0. The number of fused-ring (bicyclic) bond motifs is 2. The van der Waals surface area contributed by atoms with Crippen LogP contribution in [0.3, 0.4) is 0 Å². The Morgan fingerprint density at radius 3 is 2.70 bits per heavy atom. The van der Waals surface area contributed by atoms with Crippen LogP contribution in [-0.4, -0.2) is 25.5 Å². The highest BCUT2D eigenvalue weighted by atomic mass is 35.5. The number of anilines is 1. The lowest BCUT2D eigenvalue weighted by Crippen LogP contribution is -2.25. The zero-order valence-electron chi connectivity index (χ0n) is 14.2. The van der Waals surface area contributed by atoms with Crippen molar-refractivity contribution in [1.29, 1.82) is 0 Å². The second-order valence-corrected chi connectivity index (χ2v) is 6.34. The molecule has 0 spiro atoms. The Morgan fingerprint density at radius 2 is 1.85 bits per heavy atom. The monoisotopic (exact) mass is 381 g/mol. The Kier molecular flexibility index (Phi) is 4.80. The molecule has 6 nitrogen and oxygen atoms in total. The van der Waals surface area contributed by atoms with Crippen LogP contribution in [0.15, 0.2) is 59.7 Å². The molecular weight excluding hydrogens is 366 g/mol. The van der Waals surface area contributed by atoms with E-state index in [4.69, 9.17) is 21.1 Å². The van der Waals surface area contributed by atoms with Gasteiger partial charge < -0.3 is 14.8 Å². The molecule has 0 saturated carbocycles. The van der Waals surface area contributed by atoms with Gasteiger partial charge in [-0.2, -0.15) is 5.10 Å². The van der Waals surface area contributed by atoms with Crippen molar-refractivity contribution in [2.24, 2.45) is 5.10 Å². The fourth-order valence-corrected chi connectivity index (χ4v) is 2.93. The minimum atomic E-state index is -0.267. The molecular formula is C20H16ClN3O3.